The van der Waals surface area contributed by atoms with Crippen molar-refractivity contribution in [2.45, 2.75) is 394 Å². The summed E-state index contributed by atoms with van der Waals surface area (Å²) in [5.41, 5.74) is 0. The van der Waals surface area contributed by atoms with E-state index < -0.39 is 124 Å². The van der Waals surface area contributed by atoms with Crippen LogP contribution in [0.2, 0.25) is 0 Å². The van der Waals surface area contributed by atoms with Crippen molar-refractivity contribution in [1.82, 2.24) is 5.32 Å². The van der Waals surface area contributed by atoms with E-state index in [4.69, 9.17) is 28.4 Å². The molecule has 0 bridgehead atoms. The highest BCUT2D eigenvalue weighted by Gasteiger charge is 2.54. The lowest BCUT2D eigenvalue weighted by atomic mass is 9.96. The van der Waals surface area contributed by atoms with Crippen molar-refractivity contribution in [3.63, 3.8) is 0 Å². The topological polar surface area (TPSA) is 307 Å². The van der Waals surface area contributed by atoms with Gasteiger partial charge in [0.25, 0.3) is 0 Å². The minimum absolute atomic E-state index is 0.232. The molecular formula is C85H147NO18. The summed E-state index contributed by atoms with van der Waals surface area (Å²) in [5.74, 6) is -0.285. The van der Waals surface area contributed by atoms with Gasteiger partial charge in [-0.1, -0.05) is 303 Å². The normalized spacial score (nSPS) is 26.5. The van der Waals surface area contributed by atoms with Gasteiger partial charge in [-0.25, -0.2) is 0 Å². The summed E-state index contributed by atoms with van der Waals surface area (Å²) < 4.78 is 34.4. The zero-order valence-corrected chi connectivity index (χ0v) is 64.2. The molecule has 19 heteroatoms. The number of hydrogen-bond acceptors (Lipinski definition) is 18. The van der Waals surface area contributed by atoms with E-state index in [1.807, 2.05) is 6.08 Å². The Kier molecular flexibility index (Phi) is 58.5. The third kappa shape index (κ3) is 43.6. The van der Waals surface area contributed by atoms with E-state index in [2.05, 4.69) is 116 Å². The van der Waals surface area contributed by atoms with E-state index in [1.54, 1.807) is 6.08 Å². The smallest absolute Gasteiger partial charge is 0.220 e. The van der Waals surface area contributed by atoms with Crippen LogP contribution in [-0.4, -0.2) is 193 Å². The molecule has 12 N–H and O–H groups in total. The summed E-state index contributed by atoms with van der Waals surface area (Å²) in [4.78, 5) is 13.5. The maximum Gasteiger partial charge on any atom is 0.220 e. The highest BCUT2D eigenvalue weighted by molar-refractivity contribution is 5.76. The van der Waals surface area contributed by atoms with E-state index >= 15 is 0 Å². The molecule has 0 radical (unpaired) electrons. The van der Waals surface area contributed by atoms with E-state index in [0.717, 1.165) is 83.5 Å². The molecule has 0 spiro atoms. The molecule has 0 aliphatic carbocycles. The van der Waals surface area contributed by atoms with Crippen LogP contribution in [-0.2, 0) is 33.2 Å². The lowest BCUT2D eigenvalue weighted by molar-refractivity contribution is -0.379. The fourth-order valence-electron chi connectivity index (χ4n) is 13.2. The molecule has 19 nitrogen and oxygen atoms in total. The Balaban J connectivity index is 1.33. The Morgan fingerprint density at radius 1 is 0.356 bits per heavy atom. The molecule has 0 aromatic rings. The minimum Gasteiger partial charge on any atom is -0.394 e. The van der Waals surface area contributed by atoms with Gasteiger partial charge in [-0.05, 0) is 89.9 Å². The van der Waals surface area contributed by atoms with Crippen molar-refractivity contribution in [3.05, 3.63) is 109 Å². The summed E-state index contributed by atoms with van der Waals surface area (Å²) in [6.07, 6.45) is 62.2. The van der Waals surface area contributed by atoms with E-state index in [9.17, 15) is 61.0 Å². The first-order chi connectivity index (χ1) is 50.8. The highest BCUT2D eigenvalue weighted by Crippen LogP contribution is 2.33. The van der Waals surface area contributed by atoms with Crippen LogP contribution in [0.4, 0.5) is 0 Å². The summed E-state index contributed by atoms with van der Waals surface area (Å²) in [6.45, 7) is 1.62. The minimum atomic E-state index is -1.98. The van der Waals surface area contributed by atoms with Gasteiger partial charge in [0.1, 0.15) is 73.2 Å². The SMILES string of the molecule is CC/C=C\C/C=C\C/C=C\C/C=C\C/C=C\C/C=C\C/C=C\CCCCCCCCCCCCCCCCCCCC(=O)NC(COC1OC(CO)C(OC2OC(CO)C(OC3OC(CO)C(O)C(O)C3O)C(O)C2O)C(O)C1O)C(O)/C=C/CC/C=C/CCCCCCCCCCCCCCCC. The Morgan fingerprint density at radius 2 is 0.673 bits per heavy atom. The second-order valence-corrected chi connectivity index (χ2v) is 28.8. The number of hydrogen-bond donors (Lipinski definition) is 12. The van der Waals surface area contributed by atoms with Crippen LogP contribution in [0.5, 0.6) is 0 Å². The first kappa shape index (κ1) is 94.7. The maximum absolute atomic E-state index is 13.5. The number of carbonyl (C=O) groups is 1. The predicted octanol–water partition coefficient (Wildman–Crippen LogP) is 14.1. The molecule has 0 aromatic heterocycles. The summed E-state index contributed by atoms with van der Waals surface area (Å²) in [5, 5.41) is 121. The van der Waals surface area contributed by atoms with Crippen LogP contribution in [0.15, 0.2) is 109 Å². The van der Waals surface area contributed by atoms with E-state index in [1.165, 1.54) is 173 Å². The Labute approximate surface area is 627 Å². The van der Waals surface area contributed by atoms with Gasteiger partial charge in [-0.15, -0.1) is 0 Å². The molecule has 3 saturated heterocycles. The van der Waals surface area contributed by atoms with Gasteiger partial charge in [0.15, 0.2) is 18.9 Å². The van der Waals surface area contributed by atoms with Gasteiger partial charge < -0.3 is 89.9 Å². The molecule has 3 fully saturated rings. The summed E-state index contributed by atoms with van der Waals surface area (Å²) in [6, 6.07) is -0.996. The monoisotopic (exact) mass is 1470 g/mol. The van der Waals surface area contributed by atoms with Crippen LogP contribution in [0, 0.1) is 0 Å². The number of allylic oxidation sites excluding steroid dienone is 17. The average molecular weight is 1470 g/mol. The van der Waals surface area contributed by atoms with Crippen LogP contribution in [0.1, 0.15) is 290 Å². The second kappa shape index (κ2) is 64.3. The third-order valence-corrected chi connectivity index (χ3v) is 19.8. The number of ether oxygens (including phenoxy) is 6. The molecule has 17 unspecified atom stereocenters. The van der Waals surface area contributed by atoms with Crippen LogP contribution < -0.4 is 5.32 Å². The van der Waals surface area contributed by atoms with Crippen LogP contribution >= 0.6 is 0 Å². The van der Waals surface area contributed by atoms with Gasteiger partial charge in [0, 0.05) is 6.42 Å². The van der Waals surface area contributed by atoms with E-state index in [0.29, 0.717) is 12.8 Å². The van der Waals surface area contributed by atoms with Gasteiger partial charge in [-0.3, -0.25) is 4.79 Å². The van der Waals surface area contributed by atoms with Crippen LogP contribution in [0.3, 0.4) is 0 Å². The lowest BCUT2D eigenvalue weighted by Crippen LogP contribution is -2.66. The number of amides is 1. The molecule has 3 aliphatic rings. The number of unbranched alkanes of at least 4 members (excludes halogenated alkanes) is 32. The molecule has 104 heavy (non-hydrogen) atoms. The lowest BCUT2D eigenvalue weighted by Gasteiger charge is -2.48. The molecule has 600 valence electrons. The van der Waals surface area contributed by atoms with Crippen molar-refractivity contribution in [3.8, 4) is 0 Å². The Hall–Kier alpha value is -3.55. The van der Waals surface area contributed by atoms with Crippen LogP contribution in [0.25, 0.3) is 0 Å². The van der Waals surface area contributed by atoms with Crippen molar-refractivity contribution in [2.75, 3.05) is 26.4 Å². The zero-order chi connectivity index (χ0) is 75.3. The zero-order valence-electron chi connectivity index (χ0n) is 64.2. The predicted molar refractivity (Wildman–Crippen MR) is 415 cm³/mol. The fourth-order valence-corrected chi connectivity index (χ4v) is 13.2. The Bertz CT molecular complexity index is 2300. The number of nitrogens with one attached hydrogen (secondary N) is 1. The Morgan fingerprint density at radius 3 is 1.08 bits per heavy atom. The molecule has 1 amide bonds. The number of carbonyl (C=O) groups excluding carboxylic acids is 1. The van der Waals surface area contributed by atoms with Gasteiger partial charge in [0.05, 0.1) is 38.6 Å². The van der Waals surface area contributed by atoms with Crippen molar-refractivity contribution in [2.24, 2.45) is 0 Å². The molecule has 17 atom stereocenters. The van der Waals surface area contributed by atoms with E-state index in [-0.39, 0.29) is 18.9 Å². The average Bonchev–Trinajstić information content (AvgIpc) is 0.783. The number of aliphatic hydroxyl groups excluding tert-OH is 11. The highest BCUT2D eigenvalue weighted by atomic mass is 16.8. The quantitative estimate of drug-likeness (QED) is 0.0199. The number of aliphatic hydroxyl groups is 11. The molecule has 3 rings (SSSR count). The van der Waals surface area contributed by atoms with Gasteiger partial charge in [0.2, 0.25) is 5.91 Å². The maximum atomic E-state index is 13.5. The fraction of sp³-hybridized carbons (Fsp3) is 0.776. The molecule has 0 saturated carbocycles. The summed E-state index contributed by atoms with van der Waals surface area (Å²) in [7, 11) is 0. The van der Waals surface area contributed by atoms with Crippen molar-refractivity contribution >= 4 is 5.91 Å². The van der Waals surface area contributed by atoms with Crippen molar-refractivity contribution in [1.29, 1.82) is 0 Å². The third-order valence-electron chi connectivity index (χ3n) is 19.8. The second-order valence-electron chi connectivity index (χ2n) is 28.8. The van der Waals surface area contributed by atoms with Gasteiger partial charge in [-0.2, -0.15) is 0 Å². The standard InChI is InChI=1S/C85H147NO18/c1-3-5-7-9-11-13-15-17-19-21-23-25-26-27-28-29-30-31-32-33-34-35-36-37-38-39-40-41-42-43-45-47-49-51-53-55-57-59-61-63-73(91)86-68(69(90)62-60-58-56-54-52-50-48-46-44-24-22-20-18-16-14-12-10-8-6-4-2)67-99-83-79(97)76(94)81(71(65-88)101-83)104-85-80(98)77(95)82(72(66-89)102-85)103-84-78(96)75(93)74(92)70(64-87)100-84/h5,7,11,13,17,19,23,25,27-28,30-31,33-34,52,54,60,62,68-72,74-85,87-90,92-98H,3-4,6,8-10,12,14-16,18,20-22,24,26,29,32,35-51,53,55-59,61,63-67H2,1-2H3,(H,86,91)/b7-5-,13-11-,19-17-,25-23-,28-27-,31-30-,34-33-,54-52+,62-60+. The number of rotatable bonds is 64. The molecule has 3 aliphatic heterocycles. The molecular weight excluding hydrogens is 1320 g/mol. The van der Waals surface area contributed by atoms with Gasteiger partial charge >= 0.3 is 0 Å². The van der Waals surface area contributed by atoms with Crippen molar-refractivity contribution < 1.29 is 89.4 Å². The largest absolute Gasteiger partial charge is 0.394 e. The molecule has 0 aromatic carbocycles. The first-order valence-corrected chi connectivity index (χ1v) is 41.1. The summed E-state index contributed by atoms with van der Waals surface area (Å²) >= 11 is 0. The molecule has 3 heterocycles. The first-order valence-electron chi connectivity index (χ1n) is 41.1.